The van der Waals surface area contributed by atoms with Gasteiger partial charge in [0, 0.05) is 38.8 Å². The van der Waals surface area contributed by atoms with Crippen LogP contribution in [0.4, 0.5) is 0 Å². The summed E-state index contributed by atoms with van der Waals surface area (Å²) in [6, 6.07) is 7.65. The van der Waals surface area contributed by atoms with Crippen LogP contribution >= 0.6 is 24.0 Å². The van der Waals surface area contributed by atoms with Crippen molar-refractivity contribution < 1.29 is 4.79 Å². The second-order valence-electron chi connectivity index (χ2n) is 6.46. The van der Waals surface area contributed by atoms with E-state index in [1.54, 1.807) is 7.05 Å². The van der Waals surface area contributed by atoms with Gasteiger partial charge in [0.05, 0.1) is 0 Å². The average Bonchev–Trinajstić information content (AvgIpc) is 2.54. The Kier molecular flexibility index (Phi) is 12.2. The smallest absolute Gasteiger partial charge is 0.251 e. The van der Waals surface area contributed by atoms with Gasteiger partial charge in [-0.25, -0.2) is 0 Å². The number of guanidine groups is 1. The maximum Gasteiger partial charge on any atom is 0.251 e. The zero-order valence-electron chi connectivity index (χ0n) is 15.9. The van der Waals surface area contributed by atoms with Crippen LogP contribution in [-0.2, 0) is 6.54 Å². The van der Waals surface area contributed by atoms with Crippen LogP contribution in [0.1, 0.15) is 29.8 Å². The molecule has 0 aromatic heterocycles. The van der Waals surface area contributed by atoms with Crippen molar-refractivity contribution in [3.05, 3.63) is 35.4 Å². The Hall–Kier alpha value is -1.35. The topological polar surface area (TPSA) is 68.8 Å². The molecule has 0 aliphatic rings. The number of benzene rings is 1. The van der Waals surface area contributed by atoms with Gasteiger partial charge in [-0.05, 0) is 37.7 Å². The second kappa shape index (κ2) is 12.9. The summed E-state index contributed by atoms with van der Waals surface area (Å²) in [6.45, 7) is 7.26. The Morgan fingerprint density at radius 3 is 2.52 bits per heavy atom. The molecule has 1 rings (SSSR count). The zero-order valence-corrected chi connectivity index (χ0v) is 18.3. The van der Waals surface area contributed by atoms with E-state index in [-0.39, 0.29) is 29.9 Å². The Morgan fingerprint density at radius 2 is 1.92 bits per heavy atom. The Balaban J connectivity index is 0.00000576. The second-order valence-corrected chi connectivity index (χ2v) is 6.46. The SMILES string of the molecule is CN=C(NCc1cccc(C(=O)NCCN(C)C)c1)NCC(C)C.I. The quantitative estimate of drug-likeness (QED) is 0.315. The fourth-order valence-electron chi connectivity index (χ4n) is 2.02. The van der Waals surface area contributed by atoms with Crippen molar-refractivity contribution >= 4 is 35.8 Å². The van der Waals surface area contributed by atoms with Crippen LogP contribution in [0, 0.1) is 5.92 Å². The van der Waals surface area contributed by atoms with Gasteiger partial charge >= 0.3 is 0 Å². The van der Waals surface area contributed by atoms with Gasteiger partial charge in [0.25, 0.3) is 5.91 Å². The third-order valence-corrected chi connectivity index (χ3v) is 3.40. The minimum atomic E-state index is -0.0407. The lowest BCUT2D eigenvalue weighted by Gasteiger charge is -2.14. The van der Waals surface area contributed by atoms with Crippen molar-refractivity contribution in [1.29, 1.82) is 0 Å². The number of hydrogen-bond donors (Lipinski definition) is 3. The van der Waals surface area contributed by atoms with Gasteiger partial charge in [-0.2, -0.15) is 0 Å². The van der Waals surface area contributed by atoms with E-state index in [9.17, 15) is 4.79 Å². The standard InChI is InChI=1S/C18H31N5O.HI/c1-14(2)12-21-18(19-3)22-13-15-7-6-8-16(11-15)17(24)20-9-10-23(4)5;/h6-8,11,14H,9-10,12-13H2,1-5H3,(H,20,24)(H2,19,21,22);1H. The number of hydrogen-bond acceptors (Lipinski definition) is 3. The van der Waals surface area contributed by atoms with E-state index in [1.165, 1.54) is 0 Å². The Morgan fingerprint density at radius 1 is 1.20 bits per heavy atom. The van der Waals surface area contributed by atoms with Crippen molar-refractivity contribution in [1.82, 2.24) is 20.9 Å². The highest BCUT2D eigenvalue weighted by Crippen LogP contribution is 2.05. The number of amides is 1. The van der Waals surface area contributed by atoms with Crippen LogP contribution in [-0.4, -0.2) is 57.5 Å². The van der Waals surface area contributed by atoms with E-state index in [2.05, 4.69) is 34.8 Å². The number of carbonyl (C=O) groups is 1. The first-order valence-corrected chi connectivity index (χ1v) is 8.38. The summed E-state index contributed by atoms with van der Waals surface area (Å²) in [5.74, 6) is 1.28. The molecule has 6 nitrogen and oxygen atoms in total. The van der Waals surface area contributed by atoms with Crippen LogP contribution in [0.3, 0.4) is 0 Å². The molecule has 25 heavy (non-hydrogen) atoms. The molecule has 0 aliphatic carbocycles. The van der Waals surface area contributed by atoms with Gasteiger partial charge in [-0.1, -0.05) is 26.0 Å². The molecular weight excluding hydrogens is 429 g/mol. The summed E-state index contributed by atoms with van der Waals surface area (Å²) >= 11 is 0. The fourth-order valence-corrected chi connectivity index (χ4v) is 2.02. The van der Waals surface area contributed by atoms with E-state index in [0.717, 1.165) is 24.6 Å². The summed E-state index contributed by atoms with van der Waals surface area (Å²) in [4.78, 5) is 18.4. The summed E-state index contributed by atoms with van der Waals surface area (Å²) in [5.41, 5.74) is 1.72. The molecule has 0 fully saturated rings. The van der Waals surface area contributed by atoms with Crippen molar-refractivity contribution in [2.45, 2.75) is 20.4 Å². The molecule has 0 bridgehead atoms. The molecule has 0 saturated carbocycles. The number of aliphatic imine (C=N–C) groups is 1. The lowest BCUT2D eigenvalue weighted by atomic mass is 10.1. The third-order valence-electron chi connectivity index (χ3n) is 3.40. The van der Waals surface area contributed by atoms with Crippen molar-refractivity contribution in [2.24, 2.45) is 10.9 Å². The molecule has 142 valence electrons. The molecule has 0 radical (unpaired) electrons. The lowest BCUT2D eigenvalue weighted by Crippen LogP contribution is -2.38. The minimum absolute atomic E-state index is 0. The molecule has 1 aromatic rings. The molecule has 0 saturated heterocycles. The Bertz CT molecular complexity index is 546. The third kappa shape index (κ3) is 10.3. The highest BCUT2D eigenvalue weighted by Gasteiger charge is 2.06. The molecule has 0 atom stereocenters. The van der Waals surface area contributed by atoms with Crippen molar-refractivity contribution in [3.63, 3.8) is 0 Å². The molecule has 7 heteroatoms. The maximum atomic E-state index is 12.2. The maximum absolute atomic E-state index is 12.2. The van der Waals surface area contributed by atoms with E-state index in [1.807, 2.05) is 43.3 Å². The largest absolute Gasteiger partial charge is 0.356 e. The highest BCUT2D eigenvalue weighted by atomic mass is 127. The zero-order chi connectivity index (χ0) is 17.9. The highest BCUT2D eigenvalue weighted by molar-refractivity contribution is 14.0. The van der Waals surface area contributed by atoms with Crippen molar-refractivity contribution in [2.75, 3.05) is 40.8 Å². The molecule has 1 aromatic carbocycles. The molecule has 3 N–H and O–H groups in total. The molecule has 1 amide bonds. The normalized spacial score (nSPS) is 11.2. The van der Waals surface area contributed by atoms with Gasteiger partial charge in [0.1, 0.15) is 0 Å². The molecule has 0 unspecified atom stereocenters. The first-order chi connectivity index (χ1) is 11.4. The van der Waals surface area contributed by atoms with Gasteiger partial charge in [-0.15, -0.1) is 24.0 Å². The summed E-state index contributed by atoms with van der Waals surface area (Å²) in [5, 5.41) is 9.46. The number of nitrogens with zero attached hydrogens (tertiary/aromatic N) is 2. The summed E-state index contributed by atoms with van der Waals surface area (Å²) < 4.78 is 0. The first-order valence-electron chi connectivity index (χ1n) is 8.38. The van der Waals surface area contributed by atoms with Gasteiger partial charge in [-0.3, -0.25) is 9.79 Å². The van der Waals surface area contributed by atoms with Crippen LogP contribution in [0.2, 0.25) is 0 Å². The minimum Gasteiger partial charge on any atom is -0.356 e. The molecular formula is C18H32IN5O. The summed E-state index contributed by atoms with van der Waals surface area (Å²) in [6.07, 6.45) is 0. The monoisotopic (exact) mass is 461 g/mol. The van der Waals surface area contributed by atoms with E-state index in [4.69, 9.17) is 0 Å². The lowest BCUT2D eigenvalue weighted by molar-refractivity contribution is 0.0951. The van der Waals surface area contributed by atoms with Crippen LogP contribution in [0.5, 0.6) is 0 Å². The van der Waals surface area contributed by atoms with Crippen LogP contribution < -0.4 is 16.0 Å². The predicted octanol–water partition coefficient (Wildman–Crippen LogP) is 1.92. The molecule has 0 aliphatic heterocycles. The Labute approximate surface area is 168 Å². The van der Waals surface area contributed by atoms with E-state index in [0.29, 0.717) is 24.6 Å². The predicted molar refractivity (Wildman–Crippen MR) is 116 cm³/mol. The van der Waals surface area contributed by atoms with Gasteiger partial charge in [0.15, 0.2) is 5.96 Å². The van der Waals surface area contributed by atoms with Gasteiger partial charge < -0.3 is 20.9 Å². The number of rotatable bonds is 8. The van der Waals surface area contributed by atoms with Gasteiger partial charge in [0.2, 0.25) is 0 Å². The molecule has 0 heterocycles. The van der Waals surface area contributed by atoms with Crippen LogP contribution in [0.25, 0.3) is 0 Å². The van der Waals surface area contributed by atoms with E-state index >= 15 is 0 Å². The van der Waals surface area contributed by atoms with E-state index < -0.39 is 0 Å². The summed E-state index contributed by atoms with van der Waals surface area (Å²) in [7, 11) is 5.72. The number of nitrogens with one attached hydrogen (secondary N) is 3. The fraction of sp³-hybridized carbons (Fsp3) is 0.556. The number of carbonyl (C=O) groups excluding carboxylic acids is 1. The average molecular weight is 461 g/mol. The number of likely N-dealkylation sites (N-methyl/N-ethyl adjacent to an activating group) is 1. The van der Waals surface area contributed by atoms with Crippen molar-refractivity contribution in [3.8, 4) is 0 Å². The number of halogens is 1. The molecule has 0 spiro atoms. The first kappa shape index (κ1) is 23.6. The van der Waals surface area contributed by atoms with Crippen LogP contribution in [0.15, 0.2) is 29.3 Å².